The molecule has 0 amide bonds. The summed E-state index contributed by atoms with van der Waals surface area (Å²) >= 11 is 1.42. The van der Waals surface area contributed by atoms with Crippen LogP contribution in [-0.2, 0) is 16.6 Å². The third-order valence-electron chi connectivity index (χ3n) is 2.63. The molecule has 18 heavy (non-hydrogen) atoms. The SMILES string of the molecule is Cc1c(CO)cccc1S(=O)(=O)Nc1ccsc1. The molecule has 1 aromatic heterocycles. The molecule has 0 fully saturated rings. The lowest BCUT2D eigenvalue weighted by Gasteiger charge is -2.11. The fourth-order valence-corrected chi connectivity index (χ4v) is 3.66. The molecule has 0 aliphatic heterocycles. The molecule has 96 valence electrons. The smallest absolute Gasteiger partial charge is 0.262 e. The lowest BCUT2D eigenvalue weighted by Crippen LogP contribution is -2.14. The van der Waals surface area contributed by atoms with E-state index in [2.05, 4.69) is 4.72 Å². The van der Waals surface area contributed by atoms with Gasteiger partial charge >= 0.3 is 0 Å². The van der Waals surface area contributed by atoms with Crippen LogP contribution in [-0.4, -0.2) is 13.5 Å². The van der Waals surface area contributed by atoms with E-state index in [9.17, 15) is 8.42 Å². The Kier molecular flexibility index (Phi) is 3.70. The van der Waals surface area contributed by atoms with Gasteiger partial charge in [-0.15, -0.1) is 0 Å². The van der Waals surface area contributed by atoms with Gasteiger partial charge in [-0.2, -0.15) is 11.3 Å². The van der Waals surface area contributed by atoms with E-state index in [4.69, 9.17) is 5.11 Å². The molecule has 0 atom stereocenters. The lowest BCUT2D eigenvalue weighted by atomic mass is 10.1. The van der Waals surface area contributed by atoms with E-state index in [0.717, 1.165) is 0 Å². The Morgan fingerprint density at radius 2 is 2.11 bits per heavy atom. The lowest BCUT2D eigenvalue weighted by molar-refractivity contribution is 0.280. The van der Waals surface area contributed by atoms with Crippen LogP contribution in [0.2, 0.25) is 0 Å². The maximum atomic E-state index is 12.2. The van der Waals surface area contributed by atoms with Crippen LogP contribution >= 0.6 is 11.3 Å². The van der Waals surface area contributed by atoms with Gasteiger partial charge in [0.05, 0.1) is 17.2 Å². The largest absolute Gasteiger partial charge is 0.392 e. The number of sulfonamides is 1. The van der Waals surface area contributed by atoms with E-state index >= 15 is 0 Å². The van der Waals surface area contributed by atoms with E-state index in [-0.39, 0.29) is 11.5 Å². The van der Waals surface area contributed by atoms with E-state index in [0.29, 0.717) is 16.8 Å². The summed E-state index contributed by atoms with van der Waals surface area (Å²) in [5.41, 5.74) is 1.74. The standard InChI is InChI=1S/C12H13NO3S2/c1-9-10(7-14)3-2-4-12(9)18(15,16)13-11-5-6-17-8-11/h2-6,8,13-14H,7H2,1H3. The number of benzene rings is 1. The van der Waals surface area contributed by atoms with Crippen molar-refractivity contribution in [1.82, 2.24) is 0 Å². The number of aliphatic hydroxyl groups excluding tert-OH is 1. The second-order valence-electron chi connectivity index (χ2n) is 3.82. The molecule has 0 saturated carbocycles. The van der Waals surface area contributed by atoms with Crippen molar-refractivity contribution in [3.05, 3.63) is 46.2 Å². The van der Waals surface area contributed by atoms with Gasteiger partial charge in [-0.25, -0.2) is 8.42 Å². The highest BCUT2D eigenvalue weighted by atomic mass is 32.2. The van der Waals surface area contributed by atoms with Crippen LogP contribution in [0.5, 0.6) is 0 Å². The molecule has 1 aromatic carbocycles. The Morgan fingerprint density at radius 1 is 1.33 bits per heavy atom. The minimum absolute atomic E-state index is 0.173. The third-order valence-corrected chi connectivity index (χ3v) is 4.84. The fourth-order valence-electron chi connectivity index (χ4n) is 1.65. The second-order valence-corrected chi connectivity index (χ2v) is 6.25. The number of anilines is 1. The predicted molar refractivity (Wildman–Crippen MR) is 72.2 cm³/mol. The normalized spacial score (nSPS) is 11.4. The summed E-state index contributed by atoms with van der Waals surface area (Å²) in [4.78, 5) is 0.195. The summed E-state index contributed by atoms with van der Waals surface area (Å²) in [6.07, 6.45) is 0. The first kappa shape index (κ1) is 13.1. The van der Waals surface area contributed by atoms with E-state index in [1.54, 1.807) is 35.9 Å². The summed E-state index contributed by atoms with van der Waals surface area (Å²) in [5.74, 6) is 0. The molecule has 0 unspecified atom stereocenters. The van der Waals surface area contributed by atoms with Gasteiger partial charge in [0.25, 0.3) is 10.0 Å². The Morgan fingerprint density at radius 3 is 2.72 bits per heavy atom. The van der Waals surface area contributed by atoms with Crippen LogP contribution < -0.4 is 4.72 Å². The molecule has 6 heteroatoms. The highest BCUT2D eigenvalue weighted by molar-refractivity contribution is 7.92. The average molecular weight is 283 g/mol. The van der Waals surface area contributed by atoms with Crippen molar-refractivity contribution in [1.29, 1.82) is 0 Å². The highest BCUT2D eigenvalue weighted by Gasteiger charge is 2.18. The first-order valence-electron chi connectivity index (χ1n) is 5.29. The van der Waals surface area contributed by atoms with Crippen molar-refractivity contribution < 1.29 is 13.5 Å². The Bertz CT molecular complexity index is 633. The minimum atomic E-state index is -3.60. The molecule has 0 aliphatic carbocycles. The van der Waals surface area contributed by atoms with Crippen LogP contribution in [0.4, 0.5) is 5.69 Å². The maximum absolute atomic E-state index is 12.2. The molecule has 4 nitrogen and oxygen atoms in total. The van der Waals surface area contributed by atoms with Gasteiger partial charge in [-0.05, 0) is 35.6 Å². The van der Waals surface area contributed by atoms with Gasteiger partial charge in [-0.1, -0.05) is 12.1 Å². The maximum Gasteiger partial charge on any atom is 0.262 e. The molecule has 0 saturated heterocycles. The van der Waals surface area contributed by atoms with Crippen LogP contribution in [0.15, 0.2) is 39.9 Å². The zero-order chi connectivity index (χ0) is 13.2. The van der Waals surface area contributed by atoms with Crippen molar-refractivity contribution in [3.63, 3.8) is 0 Å². The molecule has 0 spiro atoms. The van der Waals surface area contributed by atoms with Gasteiger partial charge in [0.1, 0.15) is 0 Å². The monoisotopic (exact) mass is 283 g/mol. The molecule has 0 aliphatic rings. The number of thiophene rings is 1. The number of rotatable bonds is 4. The molecular weight excluding hydrogens is 270 g/mol. The quantitative estimate of drug-likeness (QED) is 0.905. The van der Waals surface area contributed by atoms with Crippen molar-refractivity contribution in [2.45, 2.75) is 18.4 Å². The van der Waals surface area contributed by atoms with Crippen LogP contribution in [0.1, 0.15) is 11.1 Å². The summed E-state index contributed by atoms with van der Waals surface area (Å²) in [7, 11) is -3.60. The average Bonchev–Trinajstić information content (AvgIpc) is 2.81. The highest BCUT2D eigenvalue weighted by Crippen LogP contribution is 2.22. The van der Waals surface area contributed by atoms with Crippen molar-refractivity contribution in [3.8, 4) is 0 Å². The number of aliphatic hydroxyl groups is 1. The third kappa shape index (κ3) is 2.55. The summed E-state index contributed by atoms with van der Waals surface area (Å²) < 4.78 is 26.9. The molecule has 0 radical (unpaired) electrons. The number of nitrogens with one attached hydrogen (secondary N) is 1. The summed E-state index contributed by atoms with van der Waals surface area (Å²) in [5, 5.41) is 12.7. The first-order chi connectivity index (χ1) is 8.54. The summed E-state index contributed by atoms with van der Waals surface area (Å²) in [6, 6.07) is 6.57. The van der Waals surface area contributed by atoms with E-state index < -0.39 is 10.0 Å². The van der Waals surface area contributed by atoms with Crippen molar-refractivity contribution in [2.75, 3.05) is 4.72 Å². The van der Waals surface area contributed by atoms with Crippen LogP contribution in [0, 0.1) is 6.92 Å². The Hall–Kier alpha value is -1.37. The fraction of sp³-hybridized carbons (Fsp3) is 0.167. The van der Waals surface area contributed by atoms with Crippen molar-refractivity contribution in [2.24, 2.45) is 0 Å². The number of hydrogen-bond donors (Lipinski definition) is 2. The Balaban J connectivity index is 2.42. The summed E-state index contributed by atoms with van der Waals surface area (Å²) in [6.45, 7) is 1.52. The second kappa shape index (κ2) is 5.09. The zero-order valence-electron chi connectivity index (χ0n) is 9.75. The molecule has 2 rings (SSSR count). The van der Waals surface area contributed by atoms with Gasteiger partial charge in [0.2, 0.25) is 0 Å². The molecular formula is C12H13NO3S2. The topological polar surface area (TPSA) is 66.4 Å². The number of hydrogen-bond acceptors (Lipinski definition) is 4. The van der Waals surface area contributed by atoms with Gasteiger partial charge in [0.15, 0.2) is 0 Å². The zero-order valence-corrected chi connectivity index (χ0v) is 11.4. The van der Waals surface area contributed by atoms with E-state index in [1.165, 1.54) is 17.4 Å². The molecule has 2 aromatic rings. The molecule has 2 N–H and O–H groups in total. The van der Waals surface area contributed by atoms with Gasteiger partial charge < -0.3 is 5.11 Å². The predicted octanol–water partition coefficient (Wildman–Crippen LogP) is 2.35. The molecule has 0 bridgehead atoms. The molecule has 1 heterocycles. The van der Waals surface area contributed by atoms with Crippen LogP contribution in [0.25, 0.3) is 0 Å². The Labute approximate surface area is 110 Å². The van der Waals surface area contributed by atoms with Gasteiger partial charge in [0, 0.05) is 5.38 Å². The first-order valence-corrected chi connectivity index (χ1v) is 7.71. The minimum Gasteiger partial charge on any atom is -0.392 e. The van der Waals surface area contributed by atoms with Crippen LogP contribution in [0.3, 0.4) is 0 Å². The van der Waals surface area contributed by atoms with Crippen molar-refractivity contribution >= 4 is 27.0 Å². The van der Waals surface area contributed by atoms with E-state index in [1.807, 2.05) is 0 Å². The van der Waals surface area contributed by atoms with Gasteiger partial charge in [-0.3, -0.25) is 4.72 Å².